The molecule has 0 bridgehead atoms. The van der Waals surface area contributed by atoms with Crippen molar-refractivity contribution < 1.29 is 4.79 Å². The Bertz CT molecular complexity index is 760. The molecule has 2 heterocycles. The lowest BCUT2D eigenvalue weighted by Gasteiger charge is -2.30. The topological polar surface area (TPSA) is 54.3 Å². The molecular formula is C18H23N3O2S. The van der Waals surface area contributed by atoms with Crippen molar-refractivity contribution in [2.75, 3.05) is 23.3 Å². The van der Waals surface area contributed by atoms with E-state index < -0.39 is 0 Å². The fourth-order valence-corrected chi connectivity index (χ4v) is 3.85. The number of carbonyl (C=O) groups is 1. The number of hydrogen-bond donors (Lipinski definition) is 1. The summed E-state index contributed by atoms with van der Waals surface area (Å²) < 4.78 is 1.65. The van der Waals surface area contributed by atoms with Crippen LogP contribution in [0.25, 0.3) is 0 Å². The molecule has 0 radical (unpaired) electrons. The molecule has 1 aromatic carbocycles. The molecule has 6 heteroatoms. The van der Waals surface area contributed by atoms with Crippen molar-refractivity contribution in [3.8, 4) is 0 Å². The van der Waals surface area contributed by atoms with Crippen molar-refractivity contribution in [3.05, 3.63) is 45.0 Å². The minimum atomic E-state index is -0.0584. The third kappa shape index (κ3) is 3.87. The van der Waals surface area contributed by atoms with E-state index in [0.29, 0.717) is 13.0 Å². The molecule has 0 aliphatic carbocycles. The van der Waals surface area contributed by atoms with Crippen LogP contribution in [0.1, 0.15) is 31.4 Å². The summed E-state index contributed by atoms with van der Waals surface area (Å²) in [6.07, 6.45) is 3.97. The van der Waals surface area contributed by atoms with Gasteiger partial charge in [0.15, 0.2) is 0 Å². The van der Waals surface area contributed by atoms with E-state index in [1.54, 1.807) is 4.57 Å². The second kappa shape index (κ2) is 7.66. The summed E-state index contributed by atoms with van der Waals surface area (Å²) in [6.45, 7) is 4.39. The third-order valence-corrected chi connectivity index (χ3v) is 5.29. The van der Waals surface area contributed by atoms with Gasteiger partial charge >= 0.3 is 4.87 Å². The number of benzene rings is 1. The Morgan fingerprint density at radius 3 is 2.67 bits per heavy atom. The van der Waals surface area contributed by atoms with E-state index in [4.69, 9.17) is 0 Å². The van der Waals surface area contributed by atoms with Crippen LogP contribution in [0.4, 0.5) is 11.4 Å². The second-order valence-corrected chi connectivity index (χ2v) is 6.98. The van der Waals surface area contributed by atoms with Crippen molar-refractivity contribution in [3.63, 3.8) is 0 Å². The van der Waals surface area contributed by atoms with Crippen LogP contribution in [0.3, 0.4) is 0 Å². The zero-order chi connectivity index (χ0) is 16.9. The van der Waals surface area contributed by atoms with Crippen LogP contribution < -0.4 is 15.1 Å². The van der Waals surface area contributed by atoms with E-state index in [-0.39, 0.29) is 10.8 Å². The first kappa shape index (κ1) is 16.8. The van der Waals surface area contributed by atoms with Crippen LogP contribution in [0, 0.1) is 6.92 Å². The minimum absolute atomic E-state index is 0.00554. The summed E-state index contributed by atoms with van der Waals surface area (Å²) in [5, 5.41) is 4.84. The van der Waals surface area contributed by atoms with Crippen LogP contribution in [0.5, 0.6) is 0 Å². The molecule has 0 spiro atoms. The van der Waals surface area contributed by atoms with Gasteiger partial charge in [0.25, 0.3) is 0 Å². The Morgan fingerprint density at radius 1 is 1.21 bits per heavy atom. The summed E-state index contributed by atoms with van der Waals surface area (Å²) >= 11 is 1.18. The fourth-order valence-electron chi connectivity index (χ4n) is 3.09. The van der Waals surface area contributed by atoms with E-state index in [1.165, 1.54) is 30.6 Å². The van der Waals surface area contributed by atoms with E-state index in [0.717, 1.165) is 30.2 Å². The van der Waals surface area contributed by atoms with Gasteiger partial charge in [-0.2, -0.15) is 0 Å². The SMILES string of the molecule is Cc1csc(=O)n1CCC(=O)Nc1ccccc1N1CCCCC1. The highest BCUT2D eigenvalue weighted by molar-refractivity contribution is 7.07. The van der Waals surface area contributed by atoms with Crippen LogP contribution in [0.2, 0.25) is 0 Å². The Kier molecular flexibility index (Phi) is 5.35. The quantitative estimate of drug-likeness (QED) is 0.905. The molecule has 0 unspecified atom stereocenters. The van der Waals surface area contributed by atoms with Gasteiger partial charge in [-0.05, 0) is 38.3 Å². The number of thiazole rings is 1. The van der Waals surface area contributed by atoms with E-state index >= 15 is 0 Å². The molecular weight excluding hydrogens is 322 g/mol. The number of piperidine rings is 1. The van der Waals surface area contributed by atoms with Gasteiger partial charge in [0.2, 0.25) is 5.91 Å². The molecule has 1 N–H and O–H groups in total. The molecule has 24 heavy (non-hydrogen) atoms. The molecule has 128 valence electrons. The largest absolute Gasteiger partial charge is 0.370 e. The minimum Gasteiger partial charge on any atom is -0.370 e. The monoisotopic (exact) mass is 345 g/mol. The van der Waals surface area contributed by atoms with Gasteiger partial charge in [-0.25, -0.2) is 0 Å². The van der Waals surface area contributed by atoms with Gasteiger partial charge in [-0.15, -0.1) is 0 Å². The number of aromatic nitrogens is 1. The third-order valence-electron chi connectivity index (χ3n) is 4.41. The van der Waals surface area contributed by atoms with Gasteiger partial charge in [-0.3, -0.25) is 9.59 Å². The molecule has 1 aliphatic heterocycles. The predicted octanol–water partition coefficient (Wildman–Crippen LogP) is 3.24. The first-order chi connectivity index (χ1) is 11.6. The molecule has 0 saturated carbocycles. The lowest BCUT2D eigenvalue weighted by Crippen LogP contribution is -2.30. The van der Waals surface area contributed by atoms with Gasteiger partial charge in [0.1, 0.15) is 0 Å². The average molecular weight is 345 g/mol. The normalized spacial score (nSPS) is 14.6. The lowest BCUT2D eigenvalue weighted by atomic mass is 10.1. The number of rotatable bonds is 5. The van der Waals surface area contributed by atoms with Crippen molar-refractivity contribution >= 4 is 28.6 Å². The summed E-state index contributed by atoms with van der Waals surface area (Å²) in [6, 6.07) is 7.96. The highest BCUT2D eigenvalue weighted by atomic mass is 32.1. The second-order valence-electron chi connectivity index (χ2n) is 6.16. The first-order valence-electron chi connectivity index (χ1n) is 8.44. The zero-order valence-electron chi connectivity index (χ0n) is 14.0. The highest BCUT2D eigenvalue weighted by Crippen LogP contribution is 2.28. The number of para-hydroxylation sites is 2. The number of nitrogens with zero attached hydrogens (tertiary/aromatic N) is 2. The Morgan fingerprint density at radius 2 is 1.96 bits per heavy atom. The smallest absolute Gasteiger partial charge is 0.307 e. The van der Waals surface area contributed by atoms with Crippen LogP contribution in [-0.4, -0.2) is 23.6 Å². The maximum Gasteiger partial charge on any atom is 0.307 e. The number of hydrogen-bond acceptors (Lipinski definition) is 4. The molecule has 1 amide bonds. The molecule has 3 rings (SSSR count). The number of aryl methyl sites for hydroxylation is 1. The van der Waals surface area contributed by atoms with E-state index in [2.05, 4.69) is 16.3 Å². The molecule has 1 aliphatic rings. The van der Waals surface area contributed by atoms with Crippen LogP contribution in [0.15, 0.2) is 34.4 Å². The van der Waals surface area contributed by atoms with Crippen LogP contribution in [-0.2, 0) is 11.3 Å². The average Bonchev–Trinajstić information content (AvgIpc) is 2.92. The summed E-state index contributed by atoms with van der Waals surface area (Å²) in [7, 11) is 0. The maximum absolute atomic E-state index is 12.3. The van der Waals surface area contributed by atoms with Gasteiger partial charge < -0.3 is 14.8 Å². The maximum atomic E-state index is 12.3. The molecule has 1 fully saturated rings. The highest BCUT2D eigenvalue weighted by Gasteiger charge is 2.15. The van der Waals surface area contributed by atoms with Crippen molar-refractivity contribution in [2.24, 2.45) is 0 Å². The number of amides is 1. The predicted molar refractivity (Wildman–Crippen MR) is 99.1 cm³/mol. The standard InChI is InChI=1S/C18H23N3O2S/c1-14-13-24-18(23)21(14)12-9-17(22)19-15-7-3-4-8-16(15)20-10-5-2-6-11-20/h3-4,7-8,13H,2,5-6,9-12H2,1H3,(H,19,22). The number of nitrogens with one attached hydrogen (secondary N) is 1. The van der Waals surface area contributed by atoms with Crippen molar-refractivity contribution in [1.29, 1.82) is 0 Å². The first-order valence-corrected chi connectivity index (χ1v) is 9.32. The zero-order valence-corrected chi connectivity index (χ0v) is 14.8. The molecule has 1 saturated heterocycles. The summed E-state index contributed by atoms with van der Waals surface area (Å²) in [4.78, 5) is 26.4. The molecule has 1 aromatic heterocycles. The molecule has 5 nitrogen and oxygen atoms in total. The Hall–Kier alpha value is -2.08. The fraction of sp³-hybridized carbons (Fsp3) is 0.444. The number of carbonyl (C=O) groups excluding carboxylic acids is 1. The lowest BCUT2D eigenvalue weighted by molar-refractivity contribution is -0.116. The molecule has 0 atom stereocenters. The summed E-state index contributed by atoms with van der Waals surface area (Å²) in [5.74, 6) is -0.0584. The van der Waals surface area contributed by atoms with Gasteiger partial charge in [0, 0.05) is 37.1 Å². The van der Waals surface area contributed by atoms with Crippen molar-refractivity contribution in [1.82, 2.24) is 4.57 Å². The van der Waals surface area contributed by atoms with Gasteiger partial charge in [0.05, 0.1) is 11.4 Å². The van der Waals surface area contributed by atoms with Crippen molar-refractivity contribution in [2.45, 2.75) is 39.2 Å². The molecule has 2 aromatic rings. The number of anilines is 2. The Balaban J connectivity index is 1.65. The van der Waals surface area contributed by atoms with E-state index in [9.17, 15) is 9.59 Å². The van der Waals surface area contributed by atoms with E-state index in [1.807, 2.05) is 30.5 Å². The summed E-state index contributed by atoms with van der Waals surface area (Å²) in [5.41, 5.74) is 2.86. The Labute approximate surface area is 145 Å². The van der Waals surface area contributed by atoms with Crippen LogP contribution >= 0.6 is 11.3 Å². The van der Waals surface area contributed by atoms with Gasteiger partial charge in [-0.1, -0.05) is 23.5 Å².